The lowest BCUT2D eigenvalue weighted by atomic mass is 10.2. The molecule has 0 rings (SSSR count). The third-order valence-electron chi connectivity index (χ3n) is 3.35. The highest BCUT2D eigenvalue weighted by Crippen LogP contribution is 2.04. The summed E-state index contributed by atoms with van der Waals surface area (Å²) in [6.45, 7) is 6.26. The predicted molar refractivity (Wildman–Crippen MR) is 90.6 cm³/mol. The Labute approximate surface area is 130 Å². The molecular formula is C18H33NO2. The van der Waals surface area contributed by atoms with E-state index < -0.39 is 5.97 Å². The highest BCUT2D eigenvalue weighted by Gasteiger charge is 2.08. The van der Waals surface area contributed by atoms with Gasteiger partial charge in [0.1, 0.15) is 0 Å². The van der Waals surface area contributed by atoms with Gasteiger partial charge in [-0.2, -0.15) is 0 Å². The van der Waals surface area contributed by atoms with Crippen LogP contribution in [0.5, 0.6) is 0 Å². The molecule has 0 heterocycles. The zero-order chi connectivity index (χ0) is 15.8. The first-order valence-electron chi connectivity index (χ1n) is 8.44. The number of rotatable bonds is 14. The van der Waals surface area contributed by atoms with Crippen molar-refractivity contribution in [3.63, 3.8) is 0 Å². The molecule has 0 atom stereocenters. The molecule has 0 aliphatic heterocycles. The maximum atomic E-state index is 10.9. The average Bonchev–Trinajstić information content (AvgIpc) is 2.45. The molecule has 122 valence electrons. The number of carboxylic acid groups (broad SMARTS) is 1. The summed E-state index contributed by atoms with van der Waals surface area (Å²) >= 11 is 0. The van der Waals surface area contributed by atoms with Crippen molar-refractivity contribution in [3.8, 4) is 0 Å². The van der Waals surface area contributed by atoms with Crippen LogP contribution in [0.1, 0.15) is 65.2 Å². The van der Waals surface area contributed by atoms with Gasteiger partial charge in [0.2, 0.25) is 0 Å². The van der Waals surface area contributed by atoms with Crippen LogP contribution < -0.4 is 0 Å². The van der Waals surface area contributed by atoms with E-state index in [9.17, 15) is 4.79 Å². The van der Waals surface area contributed by atoms with Gasteiger partial charge in [-0.1, -0.05) is 38.2 Å². The summed E-state index contributed by atoms with van der Waals surface area (Å²) in [7, 11) is 0. The largest absolute Gasteiger partial charge is 0.480 e. The van der Waals surface area contributed by atoms with E-state index in [1.807, 2.05) is 0 Å². The van der Waals surface area contributed by atoms with Gasteiger partial charge >= 0.3 is 5.97 Å². The van der Waals surface area contributed by atoms with E-state index in [1.54, 1.807) is 0 Å². The van der Waals surface area contributed by atoms with E-state index in [2.05, 4.69) is 43.1 Å². The number of allylic oxidation sites excluding steroid dienone is 4. The molecular weight excluding hydrogens is 262 g/mol. The third-order valence-corrected chi connectivity index (χ3v) is 3.35. The van der Waals surface area contributed by atoms with Crippen LogP contribution in [0, 0.1) is 0 Å². The fourth-order valence-electron chi connectivity index (χ4n) is 2.23. The minimum absolute atomic E-state index is 0.176. The van der Waals surface area contributed by atoms with Gasteiger partial charge in [0.15, 0.2) is 0 Å². The molecule has 0 fully saturated rings. The number of carboxylic acids is 1. The Hall–Kier alpha value is -1.09. The SMILES string of the molecule is CC/C=C/CCCCN(CCCC/C=C/CC)CC(=O)O. The van der Waals surface area contributed by atoms with Gasteiger partial charge in [0.05, 0.1) is 6.54 Å². The van der Waals surface area contributed by atoms with Gasteiger partial charge in [-0.15, -0.1) is 0 Å². The quantitative estimate of drug-likeness (QED) is 0.375. The van der Waals surface area contributed by atoms with Gasteiger partial charge in [-0.3, -0.25) is 9.69 Å². The predicted octanol–water partition coefficient (Wildman–Crippen LogP) is 4.65. The summed E-state index contributed by atoms with van der Waals surface area (Å²) in [5.74, 6) is -0.716. The molecule has 0 aromatic rings. The van der Waals surface area contributed by atoms with Crippen molar-refractivity contribution in [3.05, 3.63) is 24.3 Å². The van der Waals surface area contributed by atoms with Gasteiger partial charge in [0, 0.05) is 0 Å². The molecule has 0 spiro atoms. The third kappa shape index (κ3) is 15.1. The van der Waals surface area contributed by atoms with Crippen molar-refractivity contribution in [1.29, 1.82) is 0 Å². The molecule has 21 heavy (non-hydrogen) atoms. The van der Waals surface area contributed by atoms with E-state index in [1.165, 1.54) is 0 Å². The average molecular weight is 295 g/mol. The van der Waals surface area contributed by atoms with Gasteiger partial charge < -0.3 is 5.11 Å². The molecule has 0 bridgehead atoms. The zero-order valence-electron chi connectivity index (χ0n) is 13.9. The number of hydrogen-bond donors (Lipinski definition) is 1. The lowest BCUT2D eigenvalue weighted by Crippen LogP contribution is -2.31. The van der Waals surface area contributed by atoms with Crippen LogP contribution in [-0.4, -0.2) is 35.6 Å². The molecule has 3 heteroatoms. The summed E-state index contributed by atoms with van der Waals surface area (Å²) in [6.07, 6.45) is 17.7. The molecule has 3 nitrogen and oxygen atoms in total. The first-order chi connectivity index (χ1) is 10.2. The van der Waals surface area contributed by atoms with Crippen molar-refractivity contribution >= 4 is 5.97 Å². The minimum atomic E-state index is -0.716. The van der Waals surface area contributed by atoms with Crippen molar-refractivity contribution in [2.45, 2.75) is 65.2 Å². The number of nitrogens with zero attached hydrogens (tertiary/aromatic N) is 1. The van der Waals surface area contributed by atoms with Crippen LogP contribution in [0.3, 0.4) is 0 Å². The standard InChI is InChI=1S/C18H33NO2/c1-3-5-7-9-11-13-15-19(17-18(20)21)16-14-12-10-8-6-4-2/h5-8H,3-4,9-17H2,1-2H3,(H,20,21)/b7-5+,8-6+. The van der Waals surface area contributed by atoms with E-state index in [4.69, 9.17) is 5.11 Å². The Morgan fingerprint density at radius 3 is 1.71 bits per heavy atom. The molecule has 0 unspecified atom stereocenters. The van der Waals surface area contributed by atoms with Crippen molar-refractivity contribution in [2.75, 3.05) is 19.6 Å². The van der Waals surface area contributed by atoms with Crippen LogP contribution in [0.4, 0.5) is 0 Å². The maximum Gasteiger partial charge on any atom is 0.317 e. The van der Waals surface area contributed by atoms with Gasteiger partial charge in [0.25, 0.3) is 0 Å². The Bertz CT molecular complexity index is 276. The summed E-state index contributed by atoms with van der Waals surface area (Å²) in [6, 6.07) is 0. The molecule has 0 aromatic heterocycles. The topological polar surface area (TPSA) is 40.5 Å². The van der Waals surface area contributed by atoms with E-state index >= 15 is 0 Å². The second-order valence-corrected chi connectivity index (χ2v) is 5.42. The van der Waals surface area contributed by atoms with E-state index in [-0.39, 0.29) is 6.54 Å². The Morgan fingerprint density at radius 1 is 0.857 bits per heavy atom. The zero-order valence-corrected chi connectivity index (χ0v) is 13.9. The molecule has 1 N–H and O–H groups in total. The molecule has 0 aliphatic carbocycles. The first kappa shape index (κ1) is 19.9. The lowest BCUT2D eigenvalue weighted by molar-refractivity contribution is -0.138. The second kappa shape index (κ2) is 15.3. The fourth-order valence-corrected chi connectivity index (χ4v) is 2.23. The molecule has 0 aliphatic rings. The van der Waals surface area contributed by atoms with Crippen molar-refractivity contribution in [1.82, 2.24) is 4.90 Å². The highest BCUT2D eigenvalue weighted by atomic mass is 16.4. The molecule has 0 amide bonds. The smallest absolute Gasteiger partial charge is 0.317 e. The molecule has 0 saturated carbocycles. The summed E-state index contributed by atoms with van der Waals surface area (Å²) in [5.41, 5.74) is 0. The Kier molecular flexibility index (Phi) is 14.5. The summed E-state index contributed by atoms with van der Waals surface area (Å²) in [5, 5.41) is 8.97. The summed E-state index contributed by atoms with van der Waals surface area (Å²) in [4.78, 5) is 13.0. The number of carbonyl (C=O) groups is 1. The monoisotopic (exact) mass is 295 g/mol. The highest BCUT2D eigenvalue weighted by molar-refractivity contribution is 5.69. The molecule has 0 aromatic carbocycles. The Balaban J connectivity index is 3.78. The van der Waals surface area contributed by atoms with Crippen molar-refractivity contribution in [2.24, 2.45) is 0 Å². The first-order valence-corrected chi connectivity index (χ1v) is 8.44. The lowest BCUT2D eigenvalue weighted by Gasteiger charge is -2.19. The molecule has 0 radical (unpaired) electrons. The van der Waals surface area contributed by atoms with E-state index in [0.717, 1.165) is 64.5 Å². The van der Waals surface area contributed by atoms with Crippen LogP contribution >= 0.6 is 0 Å². The van der Waals surface area contributed by atoms with Crippen LogP contribution in [0.15, 0.2) is 24.3 Å². The minimum Gasteiger partial charge on any atom is -0.480 e. The normalized spacial score (nSPS) is 12.0. The van der Waals surface area contributed by atoms with Crippen LogP contribution in [-0.2, 0) is 4.79 Å². The van der Waals surface area contributed by atoms with Gasteiger partial charge in [-0.05, 0) is 64.5 Å². The van der Waals surface area contributed by atoms with Crippen LogP contribution in [0.25, 0.3) is 0 Å². The number of hydrogen-bond acceptors (Lipinski definition) is 2. The summed E-state index contributed by atoms with van der Waals surface area (Å²) < 4.78 is 0. The maximum absolute atomic E-state index is 10.9. The molecule has 0 saturated heterocycles. The van der Waals surface area contributed by atoms with Crippen molar-refractivity contribution < 1.29 is 9.90 Å². The fraction of sp³-hybridized carbons (Fsp3) is 0.722. The van der Waals surface area contributed by atoms with Crippen LogP contribution in [0.2, 0.25) is 0 Å². The second-order valence-electron chi connectivity index (χ2n) is 5.42. The van der Waals surface area contributed by atoms with Gasteiger partial charge in [-0.25, -0.2) is 0 Å². The number of unbranched alkanes of at least 4 members (excludes halogenated alkanes) is 4. The Morgan fingerprint density at radius 2 is 1.33 bits per heavy atom. The van der Waals surface area contributed by atoms with E-state index in [0.29, 0.717) is 0 Å². The number of aliphatic carboxylic acids is 1.